The zero-order chi connectivity index (χ0) is 19.3. The Balaban J connectivity index is 2.20. The predicted molar refractivity (Wildman–Crippen MR) is 105 cm³/mol. The van der Waals surface area contributed by atoms with Crippen LogP contribution in [-0.2, 0) is 4.74 Å². The summed E-state index contributed by atoms with van der Waals surface area (Å²) in [5.41, 5.74) is 4.68. The molecular formula is C23H29FO2. The maximum absolute atomic E-state index is 14.3. The first-order valence-corrected chi connectivity index (χ1v) is 9.28. The molecule has 1 aliphatic rings. The summed E-state index contributed by atoms with van der Waals surface area (Å²) in [6.45, 7) is 10.7. The number of rotatable bonds is 5. The molecule has 0 atom stereocenters. The van der Waals surface area contributed by atoms with Gasteiger partial charge in [0.15, 0.2) is 0 Å². The van der Waals surface area contributed by atoms with Crippen LogP contribution >= 0.6 is 0 Å². The number of halogens is 1. The summed E-state index contributed by atoms with van der Waals surface area (Å²) in [5, 5.41) is 0. The number of allylic oxidation sites excluding steroid dienone is 5. The fourth-order valence-electron chi connectivity index (χ4n) is 3.50. The summed E-state index contributed by atoms with van der Waals surface area (Å²) in [6.07, 6.45) is 9.60. The fourth-order valence-corrected chi connectivity index (χ4v) is 3.50. The number of benzene rings is 1. The number of hydrogen-bond acceptors (Lipinski definition) is 2. The van der Waals surface area contributed by atoms with Crippen molar-refractivity contribution < 1.29 is 13.9 Å². The van der Waals surface area contributed by atoms with Crippen LogP contribution in [0.4, 0.5) is 4.39 Å². The third-order valence-electron chi connectivity index (χ3n) is 4.95. The molecule has 0 fully saturated rings. The number of carbonyl (C=O) groups excluding carboxylic acids is 1. The molecule has 1 aliphatic carbocycles. The molecule has 0 saturated carbocycles. The van der Waals surface area contributed by atoms with E-state index >= 15 is 0 Å². The minimum Gasteiger partial charge on any atom is -0.462 e. The topological polar surface area (TPSA) is 26.3 Å². The summed E-state index contributed by atoms with van der Waals surface area (Å²) in [5.74, 6) is -0.919. The summed E-state index contributed by atoms with van der Waals surface area (Å²) in [6, 6.07) is 4.45. The van der Waals surface area contributed by atoms with E-state index in [0.29, 0.717) is 5.56 Å². The third-order valence-corrected chi connectivity index (χ3v) is 4.95. The molecule has 0 heterocycles. The van der Waals surface area contributed by atoms with Crippen LogP contribution in [0.25, 0.3) is 6.08 Å². The van der Waals surface area contributed by atoms with E-state index in [9.17, 15) is 9.18 Å². The molecule has 3 heteroatoms. The Hall–Kier alpha value is -2.16. The Morgan fingerprint density at radius 1 is 1.35 bits per heavy atom. The van der Waals surface area contributed by atoms with Gasteiger partial charge >= 0.3 is 5.97 Å². The smallest absolute Gasteiger partial charge is 0.338 e. The van der Waals surface area contributed by atoms with E-state index in [1.54, 1.807) is 25.1 Å². The molecule has 1 aromatic carbocycles. The minimum absolute atomic E-state index is 0.186. The molecule has 0 aliphatic heterocycles. The first-order chi connectivity index (χ1) is 12.2. The molecule has 0 N–H and O–H groups in total. The number of hydrogen-bond donors (Lipinski definition) is 0. The van der Waals surface area contributed by atoms with E-state index in [1.807, 2.05) is 13.0 Å². The van der Waals surface area contributed by atoms with Gasteiger partial charge in [-0.1, -0.05) is 43.2 Å². The highest BCUT2D eigenvalue weighted by molar-refractivity contribution is 5.89. The second kappa shape index (κ2) is 8.48. The van der Waals surface area contributed by atoms with Gasteiger partial charge in [-0.25, -0.2) is 9.18 Å². The van der Waals surface area contributed by atoms with E-state index in [2.05, 4.69) is 26.8 Å². The van der Waals surface area contributed by atoms with Crippen LogP contribution in [0.1, 0.15) is 69.8 Å². The molecular weight excluding hydrogens is 327 g/mol. The van der Waals surface area contributed by atoms with E-state index in [-0.39, 0.29) is 17.6 Å². The van der Waals surface area contributed by atoms with Gasteiger partial charge in [0, 0.05) is 5.56 Å². The van der Waals surface area contributed by atoms with Gasteiger partial charge in [-0.3, -0.25) is 0 Å². The first kappa shape index (κ1) is 20.2. The van der Waals surface area contributed by atoms with Crippen LogP contribution in [-0.4, -0.2) is 12.6 Å². The zero-order valence-corrected chi connectivity index (χ0v) is 16.5. The highest BCUT2D eigenvalue weighted by Crippen LogP contribution is 2.40. The van der Waals surface area contributed by atoms with Gasteiger partial charge in [0.2, 0.25) is 0 Å². The third kappa shape index (κ3) is 4.94. The average Bonchev–Trinajstić information content (AvgIpc) is 2.55. The Morgan fingerprint density at radius 3 is 2.69 bits per heavy atom. The van der Waals surface area contributed by atoms with Crippen molar-refractivity contribution in [1.82, 2.24) is 0 Å². The lowest BCUT2D eigenvalue weighted by atomic mass is 9.72. The van der Waals surface area contributed by atoms with Crippen LogP contribution in [0, 0.1) is 11.2 Å². The molecule has 0 saturated heterocycles. The summed E-state index contributed by atoms with van der Waals surface area (Å²) < 4.78 is 19.2. The Kier molecular flexibility index (Phi) is 6.57. The zero-order valence-electron chi connectivity index (χ0n) is 16.5. The van der Waals surface area contributed by atoms with Gasteiger partial charge < -0.3 is 4.74 Å². The summed E-state index contributed by atoms with van der Waals surface area (Å²) in [7, 11) is 0. The normalized spacial score (nSPS) is 17.7. The lowest BCUT2D eigenvalue weighted by Gasteiger charge is -2.32. The van der Waals surface area contributed by atoms with Gasteiger partial charge in [-0.15, -0.1) is 0 Å². The summed E-state index contributed by atoms with van der Waals surface area (Å²) >= 11 is 0. The standard InChI is InChI=1S/C23H29FO2/c1-6-26-22(25)19-11-10-18(21(24)15-19)14-16(2)9-12-20-17(3)8-7-13-23(20,4)5/h9-12,14-15H,6-8,13H2,1-5H3/b12-9+,16-14+. The largest absolute Gasteiger partial charge is 0.462 e. The lowest BCUT2D eigenvalue weighted by molar-refractivity contribution is 0.0526. The second-order valence-electron chi connectivity index (χ2n) is 7.61. The van der Waals surface area contributed by atoms with Crippen molar-refractivity contribution in [2.24, 2.45) is 5.41 Å². The molecule has 0 unspecified atom stereocenters. The molecule has 0 bridgehead atoms. The molecule has 0 aromatic heterocycles. The van der Waals surface area contributed by atoms with Crippen molar-refractivity contribution in [2.75, 3.05) is 6.61 Å². The second-order valence-corrected chi connectivity index (χ2v) is 7.61. The highest BCUT2D eigenvalue weighted by atomic mass is 19.1. The van der Waals surface area contributed by atoms with Gasteiger partial charge in [-0.05, 0) is 69.2 Å². The van der Waals surface area contributed by atoms with Gasteiger partial charge in [0.25, 0.3) is 0 Å². The fraction of sp³-hybridized carbons (Fsp3) is 0.435. The SMILES string of the molecule is CCOC(=O)c1ccc(/C=C(C)/C=C/C2=C(C)CCCC2(C)C)c(F)c1. The lowest BCUT2D eigenvalue weighted by Crippen LogP contribution is -2.19. The molecule has 2 nitrogen and oxygen atoms in total. The molecule has 0 spiro atoms. The van der Waals surface area contributed by atoms with Gasteiger partial charge in [0.05, 0.1) is 12.2 Å². The number of ether oxygens (including phenoxy) is 1. The van der Waals surface area contributed by atoms with Crippen LogP contribution in [0.5, 0.6) is 0 Å². The summed E-state index contributed by atoms with van der Waals surface area (Å²) in [4.78, 5) is 11.7. The molecule has 0 radical (unpaired) electrons. The van der Waals surface area contributed by atoms with Crippen molar-refractivity contribution in [2.45, 2.75) is 53.9 Å². The molecule has 1 aromatic rings. The van der Waals surface area contributed by atoms with Crippen LogP contribution in [0.15, 0.2) is 47.1 Å². The molecule has 2 rings (SSSR count). The van der Waals surface area contributed by atoms with Gasteiger partial charge in [-0.2, -0.15) is 0 Å². The van der Waals surface area contributed by atoms with Gasteiger partial charge in [0.1, 0.15) is 5.82 Å². The van der Waals surface area contributed by atoms with Crippen molar-refractivity contribution in [1.29, 1.82) is 0 Å². The first-order valence-electron chi connectivity index (χ1n) is 9.28. The van der Waals surface area contributed by atoms with Crippen LogP contribution in [0.2, 0.25) is 0 Å². The predicted octanol–water partition coefficient (Wildman–Crippen LogP) is 6.49. The molecule has 26 heavy (non-hydrogen) atoms. The van der Waals surface area contributed by atoms with Crippen molar-refractivity contribution in [3.8, 4) is 0 Å². The minimum atomic E-state index is -0.500. The maximum atomic E-state index is 14.3. The van der Waals surface area contributed by atoms with E-state index in [1.165, 1.54) is 30.1 Å². The van der Waals surface area contributed by atoms with Crippen molar-refractivity contribution in [3.05, 3.63) is 64.0 Å². The van der Waals surface area contributed by atoms with E-state index in [0.717, 1.165) is 12.0 Å². The highest BCUT2D eigenvalue weighted by Gasteiger charge is 2.26. The van der Waals surface area contributed by atoms with E-state index in [4.69, 9.17) is 4.74 Å². The number of carbonyl (C=O) groups is 1. The maximum Gasteiger partial charge on any atom is 0.338 e. The Labute approximate surface area is 156 Å². The number of esters is 1. The van der Waals surface area contributed by atoms with Crippen LogP contribution < -0.4 is 0 Å². The Morgan fingerprint density at radius 2 is 2.08 bits per heavy atom. The van der Waals surface area contributed by atoms with Crippen molar-refractivity contribution in [3.63, 3.8) is 0 Å². The average molecular weight is 356 g/mol. The molecule has 140 valence electrons. The quantitative estimate of drug-likeness (QED) is 0.445. The Bertz CT molecular complexity index is 766. The van der Waals surface area contributed by atoms with Crippen LogP contribution in [0.3, 0.4) is 0 Å². The monoisotopic (exact) mass is 356 g/mol. The van der Waals surface area contributed by atoms with Crippen molar-refractivity contribution >= 4 is 12.0 Å². The van der Waals surface area contributed by atoms with E-state index < -0.39 is 11.8 Å². The molecule has 0 amide bonds.